The molecule has 1 aliphatic carbocycles. The molecule has 0 atom stereocenters. The molecule has 0 spiro atoms. The second-order valence-electron chi connectivity index (χ2n) is 9.30. The van der Waals surface area contributed by atoms with Crippen LogP contribution in [0, 0.1) is 0 Å². The van der Waals surface area contributed by atoms with E-state index in [4.69, 9.17) is 5.11 Å². The Hall–Kier alpha value is -3.40. The number of anilines is 1. The largest absolute Gasteiger partial charge is 0.395 e. The fraction of sp³-hybridized carbons (Fsp3) is 0.409. The predicted octanol–water partition coefficient (Wildman–Crippen LogP) is 0.0798. The van der Waals surface area contributed by atoms with Gasteiger partial charge in [-0.15, -0.1) is 11.3 Å². The zero-order chi connectivity index (χ0) is 26.4. The average molecular weight is 547 g/mol. The van der Waals surface area contributed by atoms with Gasteiger partial charge < -0.3 is 10.4 Å². The first-order valence-corrected chi connectivity index (χ1v) is 13.8. The van der Waals surface area contributed by atoms with Gasteiger partial charge in [-0.1, -0.05) is 0 Å². The molecule has 4 aromatic heterocycles. The lowest BCUT2D eigenvalue weighted by atomic mass is 10.3. The third-order valence-electron chi connectivity index (χ3n) is 6.06. The number of nitrogens with one attached hydrogen (secondary N) is 2. The molecular formula is C22H26N8O5S2. The molecule has 0 aromatic carbocycles. The van der Waals surface area contributed by atoms with Crippen molar-refractivity contribution >= 4 is 37.5 Å². The van der Waals surface area contributed by atoms with Crippen molar-refractivity contribution in [2.75, 3.05) is 18.5 Å². The second kappa shape index (κ2) is 9.48. The summed E-state index contributed by atoms with van der Waals surface area (Å²) in [5.41, 5.74) is -0.419. The van der Waals surface area contributed by atoms with Crippen molar-refractivity contribution in [3.63, 3.8) is 0 Å². The van der Waals surface area contributed by atoms with E-state index in [-0.39, 0.29) is 40.7 Å². The highest BCUT2D eigenvalue weighted by molar-refractivity contribution is 7.91. The minimum atomic E-state index is -3.88. The first kappa shape index (κ1) is 25.3. The summed E-state index contributed by atoms with van der Waals surface area (Å²) in [5, 5.41) is 16.0. The third-order valence-corrected chi connectivity index (χ3v) is 9.33. The summed E-state index contributed by atoms with van der Waals surface area (Å²) in [6.45, 7) is 2.05. The summed E-state index contributed by atoms with van der Waals surface area (Å²) in [7, 11) is -2.15. The molecular weight excluding hydrogens is 520 g/mol. The van der Waals surface area contributed by atoms with E-state index in [9.17, 15) is 18.0 Å². The number of thiophene rings is 1. The van der Waals surface area contributed by atoms with E-state index in [1.807, 2.05) is 6.92 Å². The van der Waals surface area contributed by atoms with Crippen LogP contribution in [0.5, 0.6) is 0 Å². The molecule has 0 radical (unpaired) electrons. The third kappa shape index (κ3) is 5.20. The standard InChI is InChI=1S/C22H26N8O5S2/c1-22(3-4-22)27-37(34,35)17-7-16-18(32)29(13-15-10-26-28(2)11-15)21(33)30(19(16)36-17)12-14-8-24-20(25-9-14)23-5-6-31/h7-11,27,31H,3-6,12-13H2,1-2H3,(H,23,24,25). The summed E-state index contributed by atoms with van der Waals surface area (Å²) in [5.74, 6) is 0.320. The zero-order valence-electron chi connectivity index (χ0n) is 20.2. The molecule has 13 nitrogen and oxygen atoms in total. The zero-order valence-corrected chi connectivity index (χ0v) is 21.8. The van der Waals surface area contributed by atoms with Crippen LogP contribution in [-0.2, 0) is 30.2 Å². The summed E-state index contributed by atoms with van der Waals surface area (Å²) >= 11 is 0.882. The maximum Gasteiger partial charge on any atom is 0.332 e. The number of hydrogen-bond acceptors (Lipinski definition) is 10. The number of sulfonamides is 1. The van der Waals surface area contributed by atoms with E-state index in [1.54, 1.807) is 24.1 Å². The Balaban J connectivity index is 1.61. The van der Waals surface area contributed by atoms with E-state index >= 15 is 0 Å². The van der Waals surface area contributed by atoms with Crippen LogP contribution in [0.25, 0.3) is 10.2 Å². The molecule has 196 valence electrons. The van der Waals surface area contributed by atoms with Gasteiger partial charge in [0.2, 0.25) is 5.95 Å². The van der Waals surface area contributed by atoms with Crippen LogP contribution in [0.2, 0.25) is 0 Å². The summed E-state index contributed by atoms with van der Waals surface area (Å²) in [4.78, 5) is 35.6. The minimum absolute atomic E-state index is 0.0176. The number of nitrogens with zero attached hydrogens (tertiary/aromatic N) is 6. The van der Waals surface area contributed by atoms with Gasteiger partial charge in [-0.05, 0) is 25.8 Å². The van der Waals surface area contributed by atoms with Crippen molar-refractivity contribution in [1.29, 1.82) is 0 Å². The Bertz CT molecular complexity index is 1680. The smallest absolute Gasteiger partial charge is 0.332 e. The van der Waals surface area contributed by atoms with Gasteiger partial charge in [0.1, 0.15) is 9.04 Å². The molecule has 5 rings (SSSR count). The maximum atomic E-state index is 13.6. The first-order chi connectivity index (χ1) is 17.6. The van der Waals surface area contributed by atoms with Gasteiger partial charge in [0.05, 0.1) is 31.3 Å². The Morgan fingerprint density at radius 1 is 1.11 bits per heavy atom. The van der Waals surface area contributed by atoms with Crippen LogP contribution in [-0.4, -0.2) is 61.1 Å². The monoisotopic (exact) mass is 546 g/mol. The highest BCUT2D eigenvalue weighted by Gasteiger charge is 2.41. The first-order valence-electron chi connectivity index (χ1n) is 11.5. The maximum absolute atomic E-state index is 13.6. The van der Waals surface area contributed by atoms with Gasteiger partial charge in [0.15, 0.2) is 0 Å². The number of rotatable bonds is 10. The molecule has 3 N–H and O–H groups in total. The molecule has 0 saturated heterocycles. The minimum Gasteiger partial charge on any atom is -0.395 e. The summed E-state index contributed by atoms with van der Waals surface area (Å²) < 4.78 is 32.8. The second-order valence-corrected chi connectivity index (χ2v) is 12.2. The molecule has 4 heterocycles. The summed E-state index contributed by atoms with van der Waals surface area (Å²) in [6.07, 6.45) is 7.81. The Morgan fingerprint density at radius 3 is 2.43 bits per heavy atom. The molecule has 0 unspecified atom stereocenters. The fourth-order valence-electron chi connectivity index (χ4n) is 3.87. The lowest BCUT2D eigenvalue weighted by molar-refractivity contribution is 0.311. The average Bonchev–Trinajstić information content (AvgIpc) is 3.21. The van der Waals surface area contributed by atoms with Crippen molar-refractivity contribution < 1.29 is 13.5 Å². The van der Waals surface area contributed by atoms with Gasteiger partial charge in [-0.25, -0.2) is 27.9 Å². The van der Waals surface area contributed by atoms with Gasteiger partial charge in [0, 0.05) is 48.8 Å². The van der Waals surface area contributed by atoms with E-state index in [0.717, 1.165) is 28.7 Å². The number of aryl methyl sites for hydroxylation is 1. The summed E-state index contributed by atoms with van der Waals surface area (Å²) in [6, 6.07) is 1.34. The molecule has 4 aromatic rings. The van der Waals surface area contributed by atoms with Crippen molar-refractivity contribution in [2.24, 2.45) is 7.05 Å². The van der Waals surface area contributed by atoms with Crippen molar-refractivity contribution in [2.45, 2.75) is 42.6 Å². The molecule has 37 heavy (non-hydrogen) atoms. The fourth-order valence-corrected chi connectivity index (χ4v) is 6.77. The molecule has 0 aliphatic heterocycles. The molecule has 0 amide bonds. The highest BCUT2D eigenvalue weighted by atomic mass is 32.2. The van der Waals surface area contributed by atoms with Crippen LogP contribution in [0.4, 0.5) is 5.95 Å². The van der Waals surface area contributed by atoms with Gasteiger partial charge >= 0.3 is 5.69 Å². The molecule has 15 heteroatoms. The van der Waals surface area contributed by atoms with Gasteiger partial charge in [-0.3, -0.25) is 18.6 Å². The van der Waals surface area contributed by atoms with Crippen LogP contribution in [0.1, 0.15) is 30.9 Å². The van der Waals surface area contributed by atoms with Crippen LogP contribution < -0.4 is 21.3 Å². The Kier molecular flexibility index (Phi) is 6.47. The molecule has 1 saturated carbocycles. The normalized spacial score (nSPS) is 14.8. The molecule has 0 bridgehead atoms. The Labute approximate surface area is 215 Å². The number of aliphatic hydroxyl groups is 1. The van der Waals surface area contributed by atoms with E-state index < -0.39 is 26.8 Å². The van der Waals surface area contributed by atoms with Gasteiger partial charge in [0.25, 0.3) is 15.6 Å². The highest BCUT2D eigenvalue weighted by Crippen LogP contribution is 2.37. The molecule has 1 fully saturated rings. The Morgan fingerprint density at radius 2 is 1.81 bits per heavy atom. The lowest BCUT2D eigenvalue weighted by Gasteiger charge is -2.12. The lowest BCUT2D eigenvalue weighted by Crippen LogP contribution is -2.40. The number of aliphatic hydroxyl groups excluding tert-OH is 1. The van der Waals surface area contributed by atoms with Crippen LogP contribution in [0.15, 0.2) is 44.7 Å². The number of fused-ring (bicyclic) bond motifs is 1. The van der Waals surface area contributed by atoms with Crippen molar-refractivity contribution in [3.8, 4) is 0 Å². The SMILES string of the molecule is Cn1cc(Cn2c(=O)c3cc(S(=O)(=O)NC4(C)CC4)sc3n(Cc3cnc(NCCO)nc3)c2=O)cn1. The quantitative estimate of drug-likeness (QED) is 0.250. The van der Waals surface area contributed by atoms with E-state index in [1.165, 1.54) is 23.0 Å². The topological polar surface area (TPSA) is 166 Å². The predicted molar refractivity (Wildman–Crippen MR) is 137 cm³/mol. The van der Waals surface area contributed by atoms with E-state index in [2.05, 4.69) is 25.1 Å². The molecule has 1 aliphatic rings. The van der Waals surface area contributed by atoms with Crippen molar-refractivity contribution in [3.05, 3.63) is 62.8 Å². The van der Waals surface area contributed by atoms with Crippen molar-refractivity contribution in [1.82, 2.24) is 33.6 Å². The van der Waals surface area contributed by atoms with Crippen LogP contribution >= 0.6 is 11.3 Å². The van der Waals surface area contributed by atoms with Gasteiger partial charge in [-0.2, -0.15) is 5.10 Å². The van der Waals surface area contributed by atoms with Crippen LogP contribution in [0.3, 0.4) is 0 Å². The number of aromatic nitrogens is 6. The van der Waals surface area contributed by atoms with E-state index in [0.29, 0.717) is 17.1 Å². The number of hydrogen-bond donors (Lipinski definition) is 3.